The Hall–Kier alpha value is -1.37. The molecule has 0 heterocycles. The van der Waals surface area contributed by atoms with E-state index in [-0.39, 0.29) is 0 Å². The summed E-state index contributed by atoms with van der Waals surface area (Å²) in [6, 6.07) is 8.65. The average molecular weight is 255 g/mol. The van der Waals surface area contributed by atoms with Crippen LogP contribution in [0.2, 0.25) is 0 Å². The van der Waals surface area contributed by atoms with Gasteiger partial charge in [0.15, 0.2) is 0 Å². The van der Waals surface area contributed by atoms with Crippen LogP contribution in [0.4, 0.5) is 0 Å². The number of rotatable bonds is 4. The third kappa shape index (κ3) is 3.79. The van der Waals surface area contributed by atoms with E-state index in [1.165, 1.54) is 48.9 Å². The van der Waals surface area contributed by atoms with Gasteiger partial charge in [-0.2, -0.15) is 0 Å². The lowest BCUT2D eigenvalue weighted by Gasteiger charge is -2.24. The second kappa shape index (κ2) is 6.70. The standard InChI is InChI=1S/C18H25N/c1-14(2)13-19-18(16-10-5-4-6-11-16)17-12-8-7-9-15(17)3/h7-9,12,16H,1,4-6,10-11,13H2,2-3H3. The Bertz CT molecular complexity index is 464. The van der Waals surface area contributed by atoms with Crippen LogP contribution in [0.3, 0.4) is 0 Å². The van der Waals surface area contributed by atoms with E-state index in [1.807, 2.05) is 0 Å². The van der Waals surface area contributed by atoms with Gasteiger partial charge in [0.25, 0.3) is 0 Å². The summed E-state index contributed by atoms with van der Waals surface area (Å²) in [5, 5.41) is 0. The van der Waals surface area contributed by atoms with Crippen LogP contribution in [0.1, 0.15) is 50.2 Å². The maximum Gasteiger partial charge on any atom is 0.0598 e. The van der Waals surface area contributed by atoms with Crippen molar-refractivity contribution in [3.63, 3.8) is 0 Å². The van der Waals surface area contributed by atoms with Gasteiger partial charge >= 0.3 is 0 Å². The second-order valence-corrected chi connectivity index (χ2v) is 5.81. The molecule has 0 radical (unpaired) electrons. The van der Waals surface area contributed by atoms with Gasteiger partial charge in [-0.05, 0) is 37.8 Å². The van der Waals surface area contributed by atoms with Crippen LogP contribution in [-0.2, 0) is 0 Å². The third-order valence-electron chi connectivity index (χ3n) is 3.93. The third-order valence-corrected chi connectivity index (χ3v) is 3.93. The molecular weight excluding hydrogens is 230 g/mol. The highest BCUT2D eigenvalue weighted by Crippen LogP contribution is 2.28. The summed E-state index contributed by atoms with van der Waals surface area (Å²) in [7, 11) is 0. The van der Waals surface area contributed by atoms with E-state index in [9.17, 15) is 0 Å². The molecule has 0 amide bonds. The van der Waals surface area contributed by atoms with E-state index in [2.05, 4.69) is 44.7 Å². The lowest BCUT2D eigenvalue weighted by Crippen LogP contribution is -2.20. The van der Waals surface area contributed by atoms with Gasteiger partial charge in [-0.1, -0.05) is 55.7 Å². The number of hydrogen-bond donors (Lipinski definition) is 0. The average Bonchev–Trinajstić information content (AvgIpc) is 2.42. The van der Waals surface area contributed by atoms with Crippen LogP contribution in [-0.4, -0.2) is 12.3 Å². The largest absolute Gasteiger partial charge is 0.284 e. The van der Waals surface area contributed by atoms with Crippen LogP contribution in [0.15, 0.2) is 41.4 Å². The van der Waals surface area contributed by atoms with E-state index >= 15 is 0 Å². The van der Waals surface area contributed by atoms with Crippen LogP contribution in [0.5, 0.6) is 0 Å². The molecule has 0 spiro atoms. The Balaban J connectivity index is 2.30. The van der Waals surface area contributed by atoms with Gasteiger partial charge in [-0.3, -0.25) is 4.99 Å². The van der Waals surface area contributed by atoms with Crippen molar-refractivity contribution in [3.8, 4) is 0 Å². The van der Waals surface area contributed by atoms with Crippen LogP contribution < -0.4 is 0 Å². The van der Waals surface area contributed by atoms with Crippen molar-refractivity contribution in [3.05, 3.63) is 47.5 Å². The number of aliphatic imine (C=N–C) groups is 1. The zero-order chi connectivity index (χ0) is 13.7. The van der Waals surface area contributed by atoms with Gasteiger partial charge in [0, 0.05) is 11.6 Å². The van der Waals surface area contributed by atoms with E-state index in [0.717, 1.165) is 12.1 Å². The van der Waals surface area contributed by atoms with E-state index in [0.29, 0.717) is 5.92 Å². The predicted molar refractivity (Wildman–Crippen MR) is 84.0 cm³/mol. The molecule has 1 aliphatic rings. The molecule has 0 N–H and O–H groups in total. The Kier molecular flexibility index (Phi) is 4.95. The summed E-state index contributed by atoms with van der Waals surface area (Å²) >= 11 is 0. The van der Waals surface area contributed by atoms with Crippen LogP contribution in [0.25, 0.3) is 0 Å². The number of benzene rings is 1. The first-order chi connectivity index (χ1) is 9.18. The molecule has 1 heteroatoms. The van der Waals surface area contributed by atoms with Gasteiger partial charge in [0.2, 0.25) is 0 Å². The minimum absolute atomic E-state index is 0.647. The fourth-order valence-corrected chi connectivity index (χ4v) is 2.89. The number of hydrogen-bond acceptors (Lipinski definition) is 1. The van der Waals surface area contributed by atoms with Crippen molar-refractivity contribution >= 4 is 5.71 Å². The molecule has 1 aliphatic carbocycles. The molecule has 0 aliphatic heterocycles. The van der Waals surface area contributed by atoms with Crippen molar-refractivity contribution < 1.29 is 0 Å². The fourth-order valence-electron chi connectivity index (χ4n) is 2.89. The summed E-state index contributed by atoms with van der Waals surface area (Å²) in [5.74, 6) is 0.647. The molecule has 0 atom stereocenters. The van der Waals surface area contributed by atoms with Crippen LogP contribution >= 0.6 is 0 Å². The van der Waals surface area contributed by atoms with E-state index in [4.69, 9.17) is 4.99 Å². The second-order valence-electron chi connectivity index (χ2n) is 5.81. The normalized spacial score (nSPS) is 17.5. The summed E-state index contributed by atoms with van der Waals surface area (Å²) in [5.41, 5.74) is 5.15. The maximum absolute atomic E-state index is 4.90. The predicted octanol–water partition coefficient (Wildman–Crippen LogP) is 4.94. The number of aryl methyl sites for hydroxylation is 1. The number of nitrogens with zero attached hydrogens (tertiary/aromatic N) is 1. The first-order valence-electron chi connectivity index (χ1n) is 7.43. The summed E-state index contributed by atoms with van der Waals surface area (Å²) < 4.78 is 0. The molecule has 102 valence electrons. The van der Waals surface area contributed by atoms with Crippen LogP contribution in [0, 0.1) is 12.8 Å². The smallest absolute Gasteiger partial charge is 0.0598 e. The highest BCUT2D eigenvalue weighted by atomic mass is 14.7. The fraction of sp³-hybridized carbons (Fsp3) is 0.500. The molecule has 2 rings (SSSR count). The highest BCUT2D eigenvalue weighted by molar-refractivity contribution is 6.03. The maximum atomic E-state index is 4.90. The van der Waals surface area contributed by atoms with Crippen molar-refractivity contribution in [2.75, 3.05) is 6.54 Å². The zero-order valence-corrected chi connectivity index (χ0v) is 12.3. The Morgan fingerprint density at radius 2 is 1.89 bits per heavy atom. The van der Waals surface area contributed by atoms with Gasteiger partial charge in [0.05, 0.1) is 6.54 Å². The van der Waals surface area contributed by atoms with E-state index < -0.39 is 0 Å². The molecular formula is C18H25N. The molecule has 0 saturated heterocycles. The van der Waals surface area contributed by atoms with Gasteiger partial charge in [-0.15, -0.1) is 0 Å². The SMILES string of the molecule is C=C(C)CN=C(c1ccccc1C)C1CCCCC1. The highest BCUT2D eigenvalue weighted by Gasteiger charge is 2.21. The van der Waals surface area contributed by atoms with E-state index in [1.54, 1.807) is 0 Å². The molecule has 1 aromatic carbocycles. The lowest BCUT2D eigenvalue weighted by atomic mass is 9.82. The lowest BCUT2D eigenvalue weighted by molar-refractivity contribution is 0.439. The van der Waals surface area contributed by atoms with Gasteiger partial charge in [0.1, 0.15) is 0 Å². The Morgan fingerprint density at radius 3 is 2.53 bits per heavy atom. The summed E-state index contributed by atoms with van der Waals surface area (Å²) in [4.78, 5) is 4.90. The summed E-state index contributed by atoms with van der Waals surface area (Å²) in [6.45, 7) is 8.99. The minimum atomic E-state index is 0.647. The van der Waals surface area contributed by atoms with Gasteiger partial charge in [-0.25, -0.2) is 0 Å². The molecule has 1 saturated carbocycles. The molecule has 1 fully saturated rings. The minimum Gasteiger partial charge on any atom is -0.284 e. The topological polar surface area (TPSA) is 12.4 Å². The quantitative estimate of drug-likeness (QED) is 0.534. The Morgan fingerprint density at radius 1 is 1.21 bits per heavy atom. The van der Waals surface area contributed by atoms with Crippen molar-refractivity contribution in [1.82, 2.24) is 0 Å². The summed E-state index contributed by atoms with van der Waals surface area (Å²) in [6.07, 6.45) is 6.68. The van der Waals surface area contributed by atoms with Gasteiger partial charge < -0.3 is 0 Å². The van der Waals surface area contributed by atoms with Crippen molar-refractivity contribution in [1.29, 1.82) is 0 Å². The Labute approximate surface area is 117 Å². The molecule has 0 unspecified atom stereocenters. The molecule has 19 heavy (non-hydrogen) atoms. The molecule has 1 nitrogen and oxygen atoms in total. The van der Waals surface area contributed by atoms with Crippen molar-refractivity contribution in [2.45, 2.75) is 46.0 Å². The first kappa shape index (κ1) is 14.0. The first-order valence-corrected chi connectivity index (χ1v) is 7.43. The molecule has 1 aromatic rings. The zero-order valence-electron chi connectivity index (χ0n) is 12.3. The molecule has 0 aromatic heterocycles. The van der Waals surface area contributed by atoms with Crippen molar-refractivity contribution in [2.24, 2.45) is 10.9 Å². The monoisotopic (exact) mass is 255 g/mol. The molecule has 0 bridgehead atoms.